The predicted molar refractivity (Wildman–Crippen MR) is 65.4 cm³/mol. The Kier molecular flexibility index (Phi) is 3.38. The zero-order valence-electron chi connectivity index (χ0n) is 8.33. The summed E-state index contributed by atoms with van der Waals surface area (Å²) >= 11 is 4.55. The van der Waals surface area contributed by atoms with Gasteiger partial charge in [0.25, 0.3) is 0 Å². The molecule has 0 aliphatic heterocycles. The van der Waals surface area contributed by atoms with Crippen molar-refractivity contribution in [2.75, 3.05) is 0 Å². The minimum atomic E-state index is 0.432. The summed E-state index contributed by atoms with van der Waals surface area (Å²) < 4.78 is 5.62. The smallest absolute Gasteiger partial charge is 0.205 e. The van der Waals surface area contributed by atoms with E-state index in [1.807, 2.05) is 30.3 Å². The van der Waals surface area contributed by atoms with Gasteiger partial charge >= 0.3 is 0 Å². The summed E-state index contributed by atoms with van der Waals surface area (Å²) in [5.41, 5.74) is 0. The highest BCUT2D eigenvalue weighted by atomic mass is 32.1. The molecule has 0 N–H and O–H groups in total. The van der Waals surface area contributed by atoms with E-state index < -0.39 is 0 Å². The van der Waals surface area contributed by atoms with Crippen LogP contribution in [-0.2, 0) is 0 Å². The number of ether oxygens (including phenoxy) is 1. The first-order valence-electron chi connectivity index (χ1n) is 4.66. The van der Waals surface area contributed by atoms with E-state index in [-0.39, 0.29) is 0 Å². The first-order chi connectivity index (χ1) is 7.90. The molecule has 0 atom stereocenters. The molecule has 0 spiro atoms. The summed E-state index contributed by atoms with van der Waals surface area (Å²) in [5.74, 6) is 1.73. The van der Waals surface area contributed by atoms with Crippen molar-refractivity contribution in [1.29, 1.82) is 0 Å². The number of para-hydroxylation sites is 1. The molecule has 2 rings (SSSR count). The second-order valence-electron chi connectivity index (χ2n) is 2.94. The number of pyridine rings is 1. The molecule has 16 heavy (non-hydrogen) atoms. The highest BCUT2D eigenvalue weighted by molar-refractivity contribution is 7.78. The van der Waals surface area contributed by atoms with Gasteiger partial charge in [0.15, 0.2) is 5.75 Å². The Morgan fingerprint density at radius 1 is 1.12 bits per heavy atom. The highest BCUT2D eigenvalue weighted by Gasteiger charge is 2.03. The van der Waals surface area contributed by atoms with Crippen LogP contribution in [0.2, 0.25) is 0 Å². The number of isothiocyanates is 1. The van der Waals surface area contributed by atoms with Crippen LogP contribution in [0.4, 0.5) is 5.82 Å². The van der Waals surface area contributed by atoms with Gasteiger partial charge in [0.05, 0.1) is 5.16 Å². The van der Waals surface area contributed by atoms with Crippen molar-refractivity contribution in [3.63, 3.8) is 0 Å². The van der Waals surface area contributed by atoms with E-state index in [4.69, 9.17) is 4.74 Å². The number of benzene rings is 1. The lowest BCUT2D eigenvalue weighted by Gasteiger charge is -2.05. The quantitative estimate of drug-likeness (QED) is 0.594. The largest absolute Gasteiger partial charge is 0.453 e. The maximum absolute atomic E-state index is 5.62. The third kappa shape index (κ3) is 2.51. The molecule has 0 aliphatic carbocycles. The lowest BCUT2D eigenvalue weighted by molar-refractivity contribution is 0.482. The van der Waals surface area contributed by atoms with E-state index in [1.165, 1.54) is 0 Å². The predicted octanol–water partition coefficient (Wildman–Crippen LogP) is 3.61. The number of nitrogens with zero attached hydrogens (tertiary/aromatic N) is 2. The first-order valence-corrected chi connectivity index (χ1v) is 5.07. The Bertz CT molecular complexity index is 522. The number of rotatable bonds is 3. The third-order valence-electron chi connectivity index (χ3n) is 1.87. The van der Waals surface area contributed by atoms with Crippen LogP contribution in [0.25, 0.3) is 0 Å². The van der Waals surface area contributed by atoms with Crippen molar-refractivity contribution in [2.24, 2.45) is 4.99 Å². The number of aliphatic imine (C=N–C) groups is 1. The van der Waals surface area contributed by atoms with E-state index in [0.717, 1.165) is 5.75 Å². The number of hydrogen-bond acceptors (Lipinski definition) is 4. The van der Waals surface area contributed by atoms with E-state index in [9.17, 15) is 0 Å². The van der Waals surface area contributed by atoms with Gasteiger partial charge in [0.2, 0.25) is 5.82 Å². The fraction of sp³-hybridized carbons (Fsp3) is 0. The molecule has 0 saturated carbocycles. The van der Waals surface area contributed by atoms with Gasteiger partial charge in [-0.15, -0.1) is 0 Å². The summed E-state index contributed by atoms with van der Waals surface area (Å²) in [4.78, 5) is 7.88. The highest BCUT2D eigenvalue weighted by Crippen LogP contribution is 2.28. The molecule has 0 amide bonds. The fourth-order valence-electron chi connectivity index (χ4n) is 1.20. The third-order valence-corrected chi connectivity index (χ3v) is 1.96. The van der Waals surface area contributed by atoms with Gasteiger partial charge in [0, 0.05) is 6.20 Å². The van der Waals surface area contributed by atoms with Crippen LogP contribution in [0, 0.1) is 0 Å². The van der Waals surface area contributed by atoms with Crippen LogP contribution < -0.4 is 4.74 Å². The Morgan fingerprint density at radius 2 is 1.94 bits per heavy atom. The van der Waals surface area contributed by atoms with Gasteiger partial charge in [-0.2, -0.15) is 4.99 Å². The van der Waals surface area contributed by atoms with Crippen molar-refractivity contribution in [3.8, 4) is 11.5 Å². The van der Waals surface area contributed by atoms with Gasteiger partial charge in [-0.25, -0.2) is 4.98 Å². The molecule has 1 aromatic heterocycles. The second kappa shape index (κ2) is 5.16. The summed E-state index contributed by atoms with van der Waals surface area (Å²) in [7, 11) is 0. The van der Waals surface area contributed by atoms with Crippen LogP contribution >= 0.6 is 12.2 Å². The Morgan fingerprint density at radius 3 is 2.69 bits per heavy atom. The van der Waals surface area contributed by atoms with Crippen LogP contribution in [0.3, 0.4) is 0 Å². The Labute approximate surface area is 98.4 Å². The van der Waals surface area contributed by atoms with Crippen LogP contribution in [0.5, 0.6) is 11.5 Å². The molecule has 78 valence electrons. The Hall–Kier alpha value is -2.03. The zero-order chi connectivity index (χ0) is 11.2. The van der Waals surface area contributed by atoms with E-state index in [0.29, 0.717) is 11.6 Å². The van der Waals surface area contributed by atoms with Gasteiger partial charge in [-0.1, -0.05) is 18.2 Å². The van der Waals surface area contributed by atoms with Crippen molar-refractivity contribution >= 4 is 23.2 Å². The molecule has 2 aromatic rings. The molecule has 0 radical (unpaired) electrons. The van der Waals surface area contributed by atoms with E-state index in [2.05, 4.69) is 27.4 Å². The average molecular weight is 228 g/mol. The molecule has 0 fully saturated rings. The summed E-state index contributed by atoms with van der Waals surface area (Å²) in [6.07, 6.45) is 1.63. The SMILES string of the molecule is S=C=Nc1ncccc1Oc1ccccc1. The standard InChI is InChI=1S/C12H8N2OS/c16-9-14-12-11(7-4-8-13-12)15-10-5-2-1-3-6-10/h1-8H. The second-order valence-corrected chi connectivity index (χ2v) is 3.13. The molecule has 0 unspecified atom stereocenters. The van der Waals surface area contributed by atoms with Crippen LogP contribution in [-0.4, -0.2) is 10.1 Å². The van der Waals surface area contributed by atoms with E-state index in [1.54, 1.807) is 18.3 Å². The first kappa shape index (κ1) is 10.5. The van der Waals surface area contributed by atoms with Crippen molar-refractivity contribution < 1.29 is 4.74 Å². The van der Waals surface area contributed by atoms with Gasteiger partial charge in [-0.05, 0) is 36.5 Å². The number of thiocarbonyl (C=S) groups is 1. The lowest BCUT2D eigenvalue weighted by Crippen LogP contribution is -1.85. The molecule has 1 aromatic carbocycles. The molecule has 0 bridgehead atoms. The van der Waals surface area contributed by atoms with Gasteiger partial charge < -0.3 is 4.74 Å². The molecular formula is C12H8N2OS. The van der Waals surface area contributed by atoms with Gasteiger partial charge in [-0.3, -0.25) is 0 Å². The summed E-state index contributed by atoms with van der Waals surface area (Å²) in [6.45, 7) is 0. The molecule has 0 aliphatic rings. The fourth-order valence-corrected chi connectivity index (χ4v) is 1.29. The van der Waals surface area contributed by atoms with Gasteiger partial charge in [0.1, 0.15) is 5.75 Å². The zero-order valence-corrected chi connectivity index (χ0v) is 9.15. The molecular weight excluding hydrogens is 220 g/mol. The monoisotopic (exact) mass is 228 g/mol. The molecule has 3 nitrogen and oxygen atoms in total. The molecule has 0 saturated heterocycles. The van der Waals surface area contributed by atoms with Crippen molar-refractivity contribution in [1.82, 2.24) is 4.98 Å². The maximum atomic E-state index is 5.62. The Balaban J connectivity index is 2.31. The summed E-state index contributed by atoms with van der Waals surface area (Å²) in [5, 5.41) is 2.28. The van der Waals surface area contributed by atoms with Crippen LogP contribution in [0.15, 0.2) is 53.7 Å². The lowest BCUT2D eigenvalue weighted by atomic mass is 10.3. The normalized spacial score (nSPS) is 9.25. The molecule has 4 heteroatoms. The average Bonchev–Trinajstić information content (AvgIpc) is 2.33. The summed E-state index contributed by atoms with van der Waals surface area (Å²) in [6, 6.07) is 13.0. The van der Waals surface area contributed by atoms with E-state index >= 15 is 0 Å². The number of aromatic nitrogens is 1. The van der Waals surface area contributed by atoms with Crippen LogP contribution in [0.1, 0.15) is 0 Å². The van der Waals surface area contributed by atoms with Crippen molar-refractivity contribution in [3.05, 3.63) is 48.7 Å². The topological polar surface area (TPSA) is 34.5 Å². The maximum Gasteiger partial charge on any atom is 0.205 e. The molecule has 1 heterocycles. The van der Waals surface area contributed by atoms with Crippen molar-refractivity contribution in [2.45, 2.75) is 0 Å². The minimum absolute atomic E-state index is 0.432. The minimum Gasteiger partial charge on any atom is -0.453 e. The number of hydrogen-bond donors (Lipinski definition) is 0.